The molecule has 3 nitrogen and oxygen atoms in total. The third-order valence-electron chi connectivity index (χ3n) is 3.36. The minimum absolute atomic E-state index is 0.798. The number of aromatic nitrogens is 1. The van der Waals surface area contributed by atoms with Crippen molar-refractivity contribution < 1.29 is 9.47 Å². The van der Waals surface area contributed by atoms with Crippen molar-refractivity contribution in [3.63, 3.8) is 0 Å². The van der Waals surface area contributed by atoms with Crippen LogP contribution in [-0.4, -0.2) is 19.2 Å². The van der Waals surface area contributed by atoms with E-state index < -0.39 is 0 Å². The molecule has 3 aromatic rings. The highest BCUT2D eigenvalue weighted by molar-refractivity contribution is 9.10. The second kappa shape index (κ2) is 5.74. The molecule has 1 heterocycles. The highest BCUT2D eigenvalue weighted by Gasteiger charge is 2.14. The third kappa shape index (κ3) is 2.47. The van der Waals surface area contributed by atoms with Crippen molar-refractivity contribution in [2.24, 2.45) is 0 Å². The average molecular weight is 344 g/mol. The fourth-order valence-electron chi connectivity index (χ4n) is 2.30. The van der Waals surface area contributed by atoms with Crippen LogP contribution in [0.3, 0.4) is 0 Å². The molecule has 0 bridgehead atoms. The van der Waals surface area contributed by atoms with Crippen molar-refractivity contribution in [2.75, 3.05) is 14.2 Å². The van der Waals surface area contributed by atoms with Crippen LogP contribution in [0.2, 0.25) is 0 Å². The van der Waals surface area contributed by atoms with E-state index in [1.807, 2.05) is 48.5 Å². The smallest absolute Gasteiger partial charge is 0.144 e. The van der Waals surface area contributed by atoms with Crippen LogP contribution in [0.5, 0.6) is 11.5 Å². The predicted octanol–water partition coefficient (Wildman–Crippen LogP) is 4.68. The highest BCUT2D eigenvalue weighted by atomic mass is 79.9. The van der Waals surface area contributed by atoms with E-state index in [4.69, 9.17) is 14.5 Å². The Balaban J connectivity index is 2.24. The number of ether oxygens (including phenoxy) is 2. The second-order valence-corrected chi connectivity index (χ2v) is 5.35. The number of para-hydroxylation sites is 1. The zero-order chi connectivity index (χ0) is 14.8. The van der Waals surface area contributed by atoms with Gasteiger partial charge in [0.05, 0.1) is 29.9 Å². The maximum atomic E-state index is 5.55. The lowest BCUT2D eigenvalue weighted by molar-refractivity contribution is 0.415. The van der Waals surface area contributed by atoms with Gasteiger partial charge in [0.1, 0.15) is 11.5 Å². The van der Waals surface area contributed by atoms with Gasteiger partial charge >= 0.3 is 0 Å². The van der Waals surface area contributed by atoms with Gasteiger partial charge < -0.3 is 9.47 Å². The van der Waals surface area contributed by atoms with Crippen molar-refractivity contribution in [3.05, 3.63) is 53.0 Å². The molecule has 0 unspecified atom stereocenters. The lowest BCUT2D eigenvalue weighted by atomic mass is 10.1. The lowest BCUT2D eigenvalue weighted by Crippen LogP contribution is -1.94. The van der Waals surface area contributed by atoms with Crippen molar-refractivity contribution in [3.8, 4) is 22.8 Å². The summed E-state index contributed by atoms with van der Waals surface area (Å²) in [5.41, 5.74) is 2.77. The number of halogens is 1. The number of hydrogen-bond donors (Lipinski definition) is 0. The molecule has 0 amide bonds. The molecule has 0 aliphatic heterocycles. The number of nitrogens with zero attached hydrogens (tertiary/aromatic N) is 1. The van der Waals surface area contributed by atoms with Gasteiger partial charge in [-0.3, -0.25) is 0 Å². The van der Waals surface area contributed by atoms with Crippen LogP contribution in [0.25, 0.3) is 22.2 Å². The van der Waals surface area contributed by atoms with Crippen molar-refractivity contribution in [2.45, 2.75) is 0 Å². The topological polar surface area (TPSA) is 31.4 Å². The van der Waals surface area contributed by atoms with Crippen LogP contribution in [0, 0.1) is 0 Å². The Labute approximate surface area is 131 Å². The van der Waals surface area contributed by atoms with Crippen LogP contribution < -0.4 is 9.47 Å². The van der Waals surface area contributed by atoms with Crippen molar-refractivity contribution in [1.82, 2.24) is 4.98 Å². The van der Waals surface area contributed by atoms with E-state index in [9.17, 15) is 0 Å². The van der Waals surface area contributed by atoms with Crippen molar-refractivity contribution >= 4 is 26.8 Å². The van der Waals surface area contributed by atoms with E-state index in [-0.39, 0.29) is 0 Å². The predicted molar refractivity (Wildman–Crippen MR) is 88.0 cm³/mol. The van der Waals surface area contributed by atoms with Gasteiger partial charge in [-0.15, -0.1) is 0 Å². The highest BCUT2D eigenvalue weighted by Crippen LogP contribution is 2.39. The summed E-state index contributed by atoms with van der Waals surface area (Å²) in [5.74, 6) is 1.62. The summed E-state index contributed by atoms with van der Waals surface area (Å²) in [4.78, 5) is 4.74. The maximum Gasteiger partial charge on any atom is 0.144 e. The van der Waals surface area contributed by atoms with Crippen molar-refractivity contribution in [1.29, 1.82) is 0 Å². The number of pyridine rings is 1. The van der Waals surface area contributed by atoms with Crippen LogP contribution in [0.15, 0.2) is 53.0 Å². The molecule has 2 aromatic carbocycles. The largest absolute Gasteiger partial charge is 0.497 e. The first-order valence-electron chi connectivity index (χ1n) is 6.51. The van der Waals surface area contributed by atoms with Gasteiger partial charge in [-0.05, 0) is 52.3 Å². The molecular formula is C17H14BrNO2. The summed E-state index contributed by atoms with van der Waals surface area (Å²) in [7, 11) is 3.33. The first-order chi connectivity index (χ1) is 10.2. The van der Waals surface area contributed by atoms with Crippen LogP contribution in [0.1, 0.15) is 0 Å². The van der Waals surface area contributed by atoms with E-state index in [1.54, 1.807) is 14.2 Å². The van der Waals surface area contributed by atoms with Gasteiger partial charge in [0.15, 0.2) is 0 Å². The van der Waals surface area contributed by atoms with Gasteiger partial charge in [0.2, 0.25) is 0 Å². The quantitative estimate of drug-likeness (QED) is 0.691. The Kier molecular flexibility index (Phi) is 3.80. The monoisotopic (exact) mass is 343 g/mol. The Bertz CT molecular complexity index is 785. The van der Waals surface area contributed by atoms with Gasteiger partial charge in [-0.25, -0.2) is 4.98 Å². The SMILES string of the molecule is COc1ccc(-c2nc3ccccc3c(OC)c2Br)cc1. The fourth-order valence-corrected chi connectivity index (χ4v) is 2.99. The molecule has 4 heteroatoms. The van der Waals surface area contributed by atoms with Crippen LogP contribution >= 0.6 is 15.9 Å². The first-order valence-corrected chi connectivity index (χ1v) is 7.30. The minimum Gasteiger partial charge on any atom is -0.497 e. The van der Waals surface area contributed by atoms with Gasteiger partial charge in [0.25, 0.3) is 0 Å². The average Bonchev–Trinajstić information content (AvgIpc) is 2.54. The summed E-state index contributed by atoms with van der Waals surface area (Å²) < 4.78 is 11.6. The minimum atomic E-state index is 0.798. The number of rotatable bonds is 3. The van der Waals surface area contributed by atoms with Crippen LogP contribution in [0.4, 0.5) is 0 Å². The summed E-state index contributed by atoms with van der Waals surface area (Å²) in [6.07, 6.45) is 0. The lowest BCUT2D eigenvalue weighted by Gasteiger charge is -2.12. The number of benzene rings is 2. The second-order valence-electron chi connectivity index (χ2n) is 4.55. The molecule has 21 heavy (non-hydrogen) atoms. The molecule has 0 saturated heterocycles. The molecule has 0 fully saturated rings. The molecule has 1 aromatic heterocycles. The van der Waals surface area contributed by atoms with E-state index in [2.05, 4.69) is 15.9 Å². The maximum absolute atomic E-state index is 5.55. The van der Waals surface area contributed by atoms with E-state index >= 15 is 0 Å². The molecule has 106 valence electrons. The number of hydrogen-bond acceptors (Lipinski definition) is 3. The molecule has 0 saturated carbocycles. The van der Waals surface area contributed by atoms with E-state index in [1.165, 1.54) is 0 Å². The van der Waals surface area contributed by atoms with Gasteiger partial charge in [-0.1, -0.05) is 12.1 Å². The summed E-state index contributed by atoms with van der Waals surface area (Å²) >= 11 is 3.62. The molecule has 0 atom stereocenters. The third-order valence-corrected chi connectivity index (χ3v) is 4.09. The fraction of sp³-hybridized carbons (Fsp3) is 0.118. The molecule has 3 rings (SSSR count). The number of methoxy groups -OCH3 is 2. The van der Waals surface area contributed by atoms with Gasteiger partial charge in [0, 0.05) is 10.9 Å². The Morgan fingerprint density at radius 1 is 0.905 bits per heavy atom. The van der Waals surface area contributed by atoms with Crippen LogP contribution in [-0.2, 0) is 0 Å². The first kappa shape index (κ1) is 13.9. The molecular weight excluding hydrogens is 330 g/mol. The normalized spacial score (nSPS) is 10.6. The summed E-state index contributed by atoms with van der Waals surface area (Å²) in [6, 6.07) is 15.8. The Hall–Kier alpha value is -2.07. The molecule has 0 radical (unpaired) electrons. The Morgan fingerprint density at radius 3 is 2.29 bits per heavy atom. The summed E-state index contributed by atoms with van der Waals surface area (Å²) in [5, 5.41) is 0.990. The van der Waals surface area contributed by atoms with E-state index in [0.717, 1.165) is 38.1 Å². The molecule has 0 aliphatic rings. The van der Waals surface area contributed by atoms with Gasteiger partial charge in [-0.2, -0.15) is 0 Å². The Morgan fingerprint density at radius 2 is 1.62 bits per heavy atom. The molecule has 0 spiro atoms. The standard InChI is InChI=1S/C17H14BrNO2/c1-20-12-9-7-11(8-10-12)16-15(18)17(21-2)13-5-3-4-6-14(13)19-16/h3-10H,1-2H3. The zero-order valence-corrected chi connectivity index (χ0v) is 13.3. The van der Waals surface area contributed by atoms with E-state index in [0.29, 0.717) is 0 Å². The summed E-state index contributed by atoms with van der Waals surface area (Å²) in [6.45, 7) is 0. The number of fused-ring (bicyclic) bond motifs is 1. The zero-order valence-electron chi connectivity index (χ0n) is 11.8. The molecule has 0 aliphatic carbocycles. The molecule has 0 N–H and O–H groups in total.